The van der Waals surface area contributed by atoms with E-state index in [1.807, 2.05) is 6.92 Å². The molecule has 2 unspecified atom stereocenters. The third-order valence-corrected chi connectivity index (χ3v) is 3.97. The van der Waals surface area contributed by atoms with Crippen LogP contribution in [0.5, 0.6) is 0 Å². The van der Waals surface area contributed by atoms with Crippen LogP contribution in [0.25, 0.3) is 0 Å². The van der Waals surface area contributed by atoms with Crippen LogP contribution < -0.4 is 0 Å². The van der Waals surface area contributed by atoms with Gasteiger partial charge in [0.2, 0.25) is 0 Å². The zero-order valence-electron chi connectivity index (χ0n) is 11.2. The van der Waals surface area contributed by atoms with Gasteiger partial charge in [-0.1, -0.05) is 15.9 Å². The van der Waals surface area contributed by atoms with E-state index in [9.17, 15) is 18.0 Å². The number of amides is 1. The normalized spacial score (nSPS) is 23.2. The lowest BCUT2D eigenvalue weighted by Crippen LogP contribution is -2.51. The average molecular weight is 367 g/mol. The summed E-state index contributed by atoms with van der Waals surface area (Å²) in [5, 5.41) is 0.587. The third kappa shape index (κ3) is 3.74. The fourth-order valence-electron chi connectivity index (χ4n) is 2.03. The zero-order valence-corrected chi connectivity index (χ0v) is 12.8. The Bertz CT molecular complexity index is 507. The average Bonchev–Trinajstić information content (AvgIpc) is 2.46. The number of rotatable bonds is 2. The van der Waals surface area contributed by atoms with Gasteiger partial charge in [-0.3, -0.25) is 9.78 Å². The monoisotopic (exact) mass is 366 g/mol. The number of carbonyl (C=O) groups is 1. The topological polar surface area (TPSA) is 42.4 Å². The van der Waals surface area contributed by atoms with Crippen LogP contribution in [0, 0.1) is 0 Å². The van der Waals surface area contributed by atoms with Crippen molar-refractivity contribution in [1.82, 2.24) is 9.88 Å². The molecule has 0 radical (unpaired) electrons. The van der Waals surface area contributed by atoms with Crippen molar-refractivity contribution in [3.63, 3.8) is 0 Å². The summed E-state index contributed by atoms with van der Waals surface area (Å²) in [6, 6.07) is 1.83. The van der Waals surface area contributed by atoms with Gasteiger partial charge in [-0.2, -0.15) is 13.2 Å². The lowest BCUT2D eigenvalue weighted by Gasteiger charge is -2.37. The lowest BCUT2D eigenvalue weighted by molar-refractivity contribution is -0.137. The quantitative estimate of drug-likeness (QED) is 0.755. The molecule has 1 aliphatic heterocycles. The van der Waals surface area contributed by atoms with Gasteiger partial charge in [0.1, 0.15) is 5.69 Å². The third-order valence-electron chi connectivity index (χ3n) is 3.25. The van der Waals surface area contributed by atoms with E-state index in [4.69, 9.17) is 4.74 Å². The molecule has 2 rings (SSSR count). The van der Waals surface area contributed by atoms with Gasteiger partial charge in [-0.15, -0.1) is 0 Å². The SMILES string of the molecule is CC1COC(CBr)CN1C(=O)c1ccc(C(F)(F)F)cn1. The van der Waals surface area contributed by atoms with Crippen LogP contribution >= 0.6 is 15.9 Å². The van der Waals surface area contributed by atoms with Crippen LogP contribution in [0.15, 0.2) is 18.3 Å². The van der Waals surface area contributed by atoms with Crippen LogP contribution in [0.4, 0.5) is 13.2 Å². The van der Waals surface area contributed by atoms with Crippen molar-refractivity contribution in [3.05, 3.63) is 29.6 Å². The van der Waals surface area contributed by atoms with E-state index in [2.05, 4.69) is 20.9 Å². The van der Waals surface area contributed by atoms with Gasteiger partial charge in [0, 0.05) is 18.1 Å². The van der Waals surface area contributed by atoms with E-state index >= 15 is 0 Å². The van der Waals surface area contributed by atoms with Crippen molar-refractivity contribution in [3.8, 4) is 0 Å². The first-order valence-electron chi connectivity index (χ1n) is 6.34. The number of nitrogens with zero attached hydrogens (tertiary/aromatic N) is 2. The first-order valence-corrected chi connectivity index (χ1v) is 7.47. The molecule has 1 aromatic heterocycles. The minimum atomic E-state index is -4.46. The maximum absolute atomic E-state index is 12.5. The Morgan fingerprint density at radius 1 is 1.52 bits per heavy atom. The highest BCUT2D eigenvalue weighted by Crippen LogP contribution is 2.28. The van der Waals surface area contributed by atoms with E-state index in [1.54, 1.807) is 4.90 Å². The number of aromatic nitrogens is 1. The number of carbonyl (C=O) groups excluding carboxylic acids is 1. The molecule has 0 spiro atoms. The summed E-state index contributed by atoms with van der Waals surface area (Å²) in [6.07, 6.45) is -3.90. The zero-order chi connectivity index (χ0) is 15.6. The Labute approximate surface area is 128 Å². The molecule has 21 heavy (non-hydrogen) atoms. The molecule has 2 heterocycles. The highest BCUT2D eigenvalue weighted by atomic mass is 79.9. The van der Waals surface area contributed by atoms with E-state index < -0.39 is 11.7 Å². The van der Waals surface area contributed by atoms with Crippen molar-refractivity contribution in [2.24, 2.45) is 0 Å². The molecular weight excluding hydrogens is 353 g/mol. The second-order valence-electron chi connectivity index (χ2n) is 4.85. The van der Waals surface area contributed by atoms with Crippen LogP contribution in [0.2, 0.25) is 0 Å². The van der Waals surface area contributed by atoms with Crippen molar-refractivity contribution in [1.29, 1.82) is 0 Å². The number of pyridine rings is 1. The molecule has 1 aliphatic rings. The number of halogens is 4. The molecule has 0 N–H and O–H groups in total. The Morgan fingerprint density at radius 3 is 2.76 bits per heavy atom. The van der Waals surface area contributed by atoms with Gasteiger partial charge in [0.05, 0.1) is 24.3 Å². The first kappa shape index (κ1) is 16.2. The summed E-state index contributed by atoms with van der Waals surface area (Å²) in [7, 11) is 0. The second-order valence-corrected chi connectivity index (χ2v) is 5.49. The van der Waals surface area contributed by atoms with E-state index in [0.717, 1.165) is 12.1 Å². The number of ether oxygens (including phenoxy) is 1. The van der Waals surface area contributed by atoms with Crippen molar-refractivity contribution in [2.75, 3.05) is 18.5 Å². The van der Waals surface area contributed by atoms with Gasteiger partial charge in [0.15, 0.2) is 0 Å². The van der Waals surface area contributed by atoms with Crippen LogP contribution in [0.1, 0.15) is 23.0 Å². The summed E-state index contributed by atoms with van der Waals surface area (Å²) < 4.78 is 42.9. The lowest BCUT2D eigenvalue weighted by atomic mass is 10.1. The standard InChI is InChI=1S/C13H14BrF3N2O2/c1-8-7-21-10(4-14)6-19(8)12(20)11-3-2-9(5-18-11)13(15,16)17/h2-3,5,8,10H,4,6-7H2,1H3. The van der Waals surface area contributed by atoms with Gasteiger partial charge < -0.3 is 9.64 Å². The van der Waals surface area contributed by atoms with Gasteiger partial charge in [-0.05, 0) is 19.1 Å². The highest BCUT2D eigenvalue weighted by molar-refractivity contribution is 9.09. The summed E-state index contributed by atoms with van der Waals surface area (Å²) in [5.74, 6) is -0.384. The molecule has 0 bridgehead atoms. The molecule has 8 heteroatoms. The first-order chi connectivity index (χ1) is 9.82. The molecule has 1 aromatic rings. The molecule has 1 amide bonds. The molecular formula is C13H14BrF3N2O2. The maximum Gasteiger partial charge on any atom is 0.417 e. The van der Waals surface area contributed by atoms with Gasteiger partial charge in [0.25, 0.3) is 5.91 Å². The van der Waals surface area contributed by atoms with Gasteiger partial charge >= 0.3 is 6.18 Å². The highest BCUT2D eigenvalue weighted by Gasteiger charge is 2.33. The predicted molar refractivity (Wildman–Crippen MR) is 73.3 cm³/mol. The number of hydrogen-bond acceptors (Lipinski definition) is 3. The number of morpholine rings is 1. The molecule has 116 valence electrons. The molecule has 0 saturated carbocycles. The predicted octanol–water partition coefficient (Wildman–Crippen LogP) is 2.72. The summed E-state index contributed by atoms with van der Waals surface area (Å²) in [4.78, 5) is 17.6. The molecule has 1 saturated heterocycles. The minimum Gasteiger partial charge on any atom is -0.373 e. The van der Waals surface area contributed by atoms with E-state index in [1.165, 1.54) is 0 Å². The Balaban J connectivity index is 2.15. The second kappa shape index (κ2) is 6.31. The van der Waals surface area contributed by atoms with Crippen LogP contribution in [-0.2, 0) is 10.9 Å². The van der Waals surface area contributed by atoms with Crippen molar-refractivity contribution in [2.45, 2.75) is 25.2 Å². The maximum atomic E-state index is 12.5. The summed E-state index contributed by atoms with van der Waals surface area (Å²) >= 11 is 3.29. The largest absolute Gasteiger partial charge is 0.417 e. The fraction of sp³-hybridized carbons (Fsp3) is 0.538. The fourth-order valence-corrected chi connectivity index (χ4v) is 2.42. The van der Waals surface area contributed by atoms with Crippen molar-refractivity contribution >= 4 is 21.8 Å². The van der Waals surface area contributed by atoms with E-state index in [0.29, 0.717) is 24.7 Å². The summed E-state index contributed by atoms with van der Waals surface area (Å²) in [5.41, 5.74) is -0.863. The molecule has 2 atom stereocenters. The number of alkyl halides is 4. The molecule has 4 nitrogen and oxygen atoms in total. The van der Waals surface area contributed by atoms with Crippen LogP contribution in [-0.4, -0.2) is 46.4 Å². The Kier molecular flexibility index (Phi) is 4.88. The smallest absolute Gasteiger partial charge is 0.373 e. The van der Waals surface area contributed by atoms with Crippen molar-refractivity contribution < 1.29 is 22.7 Å². The molecule has 0 aliphatic carbocycles. The molecule has 1 fully saturated rings. The minimum absolute atomic E-state index is 0.00470. The van der Waals surface area contributed by atoms with E-state index in [-0.39, 0.29) is 23.7 Å². The summed E-state index contributed by atoms with van der Waals surface area (Å²) in [6.45, 7) is 2.60. The Hall–Kier alpha value is -1.15. The molecule has 0 aromatic carbocycles. The van der Waals surface area contributed by atoms with Crippen LogP contribution in [0.3, 0.4) is 0 Å². The van der Waals surface area contributed by atoms with Gasteiger partial charge in [-0.25, -0.2) is 0 Å². The number of hydrogen-bond donors (Lipinski definition) is 0. The Morgan fingerprint density at radius 2 is 2.24 bits per heavy atom.